The van der Waals surface area contributed by atoms with Crippen molar-refractivity contribution in [1.82, 2.24) is 62.1 Å². The largest absolute Gasteiger partial charge is 0.370 e. The SMILES string of the molecule is CC1N=C(N(C)C)N(C)C(N(C)c2cccs2)=N1.CC1N=C(N(C)C)NC(N(C)c2cccs2)=N1.CC1N=C(N)NC(N(C)c2cccs2)=N1.CC1N=C(N)NC(Nc2cccs2)=N1.CC1N=C(Nc2cccs2)NC(N(C)C)=N1.CN=C1NC(N(C)c2cccs2)=NC(C)N1.CN=C1NC(Nc2cccs2)=NC(C)N1. The topological polar surface area (TPSA) is 383 Å². The number of thiophene rings is 7. The van der Waals surface area contributed by atoms with E-state index in [0.29, 0.717) is 17.9 Å². The quantitative estimate of drug-likeness (QED) is 0.0714. The summed E-state index contributed by atoms with van der Waals surface area (Å²) in [6.45, 7) is 13.7. The van der Waals surface area contributed by atoms with Gasteiger partial charge in [0.15, 0.2) is 23.8 Å². The first kappa shape index (κ1) is 85.7. The lowest BCUT2D eigenvalue weighted by Gasteiger charge is -2.35. The molecule has 0 aromatic carbocycles. The van der Waals surface area contributed by atoms with Gasteiger partial charge in [-0.3, -0.25) is 46.8 Å². The van der Waals surface area contributed by atoms with Gasteiger partial charge in [0.2, 0.25) is 59.6 Å². The number of hydrogen-bond donors (Lipinski definition) is 13. The number of hydrogen-bond acceptors (Lipinski definition) is 38. The second kappa shape index (κ2) is 42.3. The highest BCUT2D eigenvalue weighted by Crippen LogP contribution is 2.26. The molecule has 0 spiro atoms. The van der Waals surface area contributed by atoms with Crippen molar-refractivity contribution >= 4 is 198 Å². The predicted molar refractivity (Wildman–Crippen MR) is 479 cm³/mol. The summed E-state index contributed by atoms with van der Waals surface area (Å²) in [6, 6.07) is 28.3. The van der Waals surface area contributed by atoms with Crippen LogP contribution in [-0.4, -0.2) is 238 Å². The van der Waals surface area contributed by atoms with E-state index >= 15 is 0 Å². The number of aliphatic imine (C=N–C) groups is 14. The van der Waals surface area contributed by atoms with Crippen LogP contribution in [0.5, 0.6) is 0 Å². The highest BCUT2D eigenvalue weighted by Gasteiger charge is 2.27. The smallest absolute Gasteiger partial charge is 0.210 e. The van der Waals surface area contributed by atoms with Crippen LogP contribution in [0.1, 0.15) is 48.5 Å². The number of nitrogens with one attached hydrogen (secondary N) is 11. The standard InChI is InChI=1S/C12H19N5S.C11H17N5S.2C10H15N5S.2C9H13N5S.C8H11N5S/c1-9-13-11(15(2)3)17(5)12(14-9)16(4)10-7-6-8-18-10;1-8-12-10(15(2)3)14-11(13-8)16(4)9-6-5-7-17-9;1-7-11-9(13-8-5-4-6-16-8)14-10(12-7)15(2)3;1-7-12-9(11-2)14-10(13-7)15(3)8-5-4-6-16-8;1-6-11-8(10)13-9(12-6)14(2)7-4-3-5-15-7;1-6-11-8(10-2)14-9(12-6)13-7-4-3-5-15-7;1-5-10-7(9)13-8(11-5)12-6-3-2-4-14-6/h6-9H,1-5H3;5-8H,1-4H3,(H,12,13,14);2*4-7H,1-3H3,(H2,11,12,13,14);3-6H,1-2H3,(H3,10,11,12,13);3-6H,1-2H3,(H3,10,11,12,13,14);2-5H,1H3,(H4,9,10,11,12,13). The molecular formula is C69H103N35S7. The lowest BCUT2D eigenvalue weighted by molar-refractivity contribution is 0.499. The molecule has 0 saturated heterocycles. The summed E-state index contributed by atoms with van der Waals surface area (Å²) in [6.07, 6.45) is -0.324. The molecule has 7 atom stereocenters. The molecule has 111 heavy (non-hydrogen) atoms. The fourth-order valence-electron chi connectivity index (χ4n) is 9.90. The Morgan fingerprint density at radius 3 is 1.08 bits per heavy atom. The molecule has 596 valence electrons. The van der Waals surface area contributed by atoms with Crippen molar-refractivity contribution in [2.45, 2.75) is 91.6 Å². The van der Waals surface area contributed by atoms with Crippen LogP contribution in [0, 0.1) is 0 Å². The highest BCUT2D eigenvalue weighted by atomic mass is 32.1. The van der Waals surface area contributed by atoms with E-state index in [-0.39, 0.29) is 43.2 Å². The Balaban J connectivity index is 0.000000163. The first-order valence-corrected chi connectivity index (χ1v) is 41.1. The predicted octanol–water partition coefficient (Wildman–Crippen LogP) is 8.23. The monoisotopic (exact) mass is 1650 g/mol. The van der Waals surface area contributed by atoms with Gasteiger partial charge in [0, 0.05) is 91.6 Å². The van der Waals surface area contributed by atoms with Gasteiger partial charge in [-0.25, -0.2) is 59.9 Å². The lowest BCUT2D eigenvalue weighted by Crippen LogP contribution is -2.54. The van der Waals surface area contributed by atoms with Gasteiger partial charge >= 0.3 is 0 Å². The molecule has 0 saturated carbocycles. The molecule has 7 aliphatic heterocycles. The van der Waals surface area contributed by atoms with Crippen LogP contribution in [-0.2, 0) is 0 Å². The molecule has 14 rings (SSSR count). The summed E-state index contributed by atoms with van der Waals surface area (Å²) in [5, 5.41) is 56.1. The summed E-state index contributed by atoms with van der Waals surface area (Å²) < 4.78 is 0. The molecule has 14 heterocycles. The molecular weight excluding hydrogens is 1540 g/mol. The summed E-state index contributed by atoms with van der Waals surface area (Å²) in [4.78, 5) is 76.5. The van der Waals surface area contributed by atoms with E-state index in [1.54, 1.807) is 93.5 Å². The average molecular weight is 1650 g/mol. The number of rotatable bonds is 7. The van der Waals surface area contributed by atoms with Gasteiger partial charge in [-0.15, -0.1) is 79.4 Å². The van der Waals surface area contributed by atoms with Gasteiger partial charge in [0.05, 0.1) is 35.0 Å². The maximum Gasteiger partial charge on any atom is 0.210 e. The number of nitrogens with two attached hydrogens (primary N) is 2. The van der Waals surface area contributed by atoms with E-state index in [1.807, 2.05) is 254 Å². The second-order valence-corrected chi connectivity index (χ2v) is 31.4. The van der Waals surface area contributed by atoms with Crippen LogP contribution >= 0.6 is 79.4 Å². The molecule has 15 N–H and O–H groups in total. The molecule has 0 radical (unpaired) electrons. The van der Waals surface area contributed by atoms with E-state index in [0.717, 1.165) is 95.6 Å². The Morgan fingerprint density at radius 1 is 0.342 bits per heavy atom. The minimum Gasteiger partial charge on any atom is -0.370 e. The number of guanidine groups is 14. The normalized spacial score (nSPS) is 20.6. The summed E-state index contributed by atoms with van der Waals surface area (Å²) >= 11 is 11.6. The highest BCUT2D eigenvalue weighted by molar-refractivity contribution is 7.16. The molecule has 0 bridgehead atoms. The van der Waals surface area contributed by atoms with E-state index in [1.165, 1.54) is 5.00 Å². The lowest BCUT2D eigenvalue weighted by atomic mass is 10.5. The molecule has 7 aromatic heterocycles. The van der Waals surface area contributed by atoms with Crippen LogP contribution in [0.25, 0.3) is 0 Å². The third-order valence-corrected chi connectivity index (χ3v) is 21.2. The first-order chi connectivity index (χ1) is 53.1. The van der Waals surface area contributed by atoms with Crippen molar-refractivity contribution in [3.05, 3.63) is 123 Å². The zero-order valence-electron chi connectivity index (χ0n) is 66.0. The van der Waals surface area contributed by atoms with Crippen molar-refractivity contribution in [1.29, 1.82) is 0 Å². The zero-order chi connectivity index (χ0) is 80.3. The van der Waals surface area contributed by atoms with Crippen LogP contribution < -0.4 is 89.6 Å². The fourth-order valence-corrected chi connectivity index (χ4v) is 14.5. The van der Waals surface area contributed by atoms with Gasteiger partial charge < -0.3 is 72.4 Å². The Hall–Kier alpha value is -10.9. The molecule has 7 unspecified atom stereocenters. The van der Waals surface area contributed by atoms with Crippen molar-refractivity contribution in [3.8, 4) is 0 Å². The zero-order valence-corrected chi connectivity index (χ0v) is 71.7. The second-order valence-electron chi connectivity index (χ2n) is 24.9. The van der Waals surface area contributed by atoms with Gasteiger partial charge in [0.1, 0.15) is 43.2 Å². The third kappa shape index (κ3) is 27.0. The van der Waals surface area contributed by atoms with E-state index in [4.69, 9.17) is 11.5 Å². The Kier molecular flexibility index (Phi) is 32.7. The summed E-state index contributed by atoms with van der Waals surface area (Å²) in [5.74, 6) is 10.3. The van der Waals surface area contributed by atoms with Crippen molar-refractivity contribution in [3.63, 3.8) is 0 Å². The Labute approximate surface area is 678 Å². The van der Waals surface area contributed by atoms with Crippen LogP contribution in [0.15, 0.2) is 192 Å². The van der Waals surface area contributed by atoms with E-state index in [9.17, 15) is 0 Å². The minimum absolute atomic E-state index is 0.0346. The summed E-state index contributed by atoms with van der Waals surface area (Å²) in [7, 11) is 25.3. The van der Waals surface area contributed by atoms with E-state index in [2.05, 4.69) is 162 Å². The molecule has 7 aliphatic rings. The third-order valence-electron chi connectivity index (χ3n) is 15.0. The van der Waals surface area contributed by atoms with Crippen LogP contribution in [0.4, 0.5) is 35.0 Å². The maximum atomic E-state index is 5.64. The molecule has 42 heteroatoms. The average Bonchev–Trinajstić information content (AvgIpc) is 1.80. The van der Waals surface area contributed by atoms with E-state index < -0.39 is 0 Å². The van der Waals surface area contributed by atoms with Crippen molar-refractivity contribution in [2.75, 3.05) is 127 Å². The fraction of sp³-hybridized carbons (Fsp3) is 0.391. The molecule has 7 aromatic rings. The van der Waals surface area contributed by atoms with Crippen molar-refractivity contribution < 1.29 is 0 Å². The Morgan fingerprint density at radius 2 is 0.676 bits per heavy atom. The van der Waals surface area contributed by atoms with Gasteiger partial charge in [0.25, 0.3) is 0 Å². The number of anilines is 7. The maximum absolute atomic E-state index is 5.64. The van der Waals surface area contributed by atoms with Gasteiger partial charge in [-0.05, 0) is 171 Å². The van der Waals surface area contributed by atoms with Crippen LogP contribution in [0.3, 0.4) is 0 Å². The van der Waals surface area contributed by atoms with Crippen molar-refractivity contribution in [2.24, 2.45) is 81.4 Å². The first-order valence-electron chi connectivity index (χ1n) is 34.9. The molecule has 0 amide bonds. The molecule has 35 nitrogen and oxygen atoms in total. The summed E-state index contributed by atoms with van der Waals surface area (Å²) in [5.41, 5.74) is 11.2. The number of nitrogens with zero attached hydrogens (tertiary/aromatic N) is 22. The molecule has 0 fully saturated rings. The van der Waals surface area contributed by atoms with Gasteiger partial charge in [-0.2, -0.15) is 0 Å². The minimum atomic E-state index is -0.126. The molecule has 0 aliphatic carbocycles. The Bertz CT molecular complexity index is 4430. The van der Waals surface area contributed by atoms with Gasteiger partial charge in [-0.1, -0.05) is 0 Å². The van der Waals surface area contributed by atoms with Crippen LogP contribution in [0.2, 0.25) is 0 Å².